The van der Waals surface area contributed by atoms with Gasteiger partial charge in [-0.2, -0.15) is 0 Å². The molecule has 1 rings (SSSR count). The first-order valence-corrected chi connectivity index (χ1v) is 5.31. The molecule has 1 N–H and O–H groups in total. The number of rotatable bonds is 4. The van der Waals surface area contributed by atoms with E-state index in [1.807, 2.05) is 6.20 Å². The largest absolute Gasteiger partial charge is 0.310 e. The molecule has 0 aromatic carbocycles. The van der Waals surface area contributed by atoms with Crippen LogP contribution in [0, 0.1) is 6.92 Å². The molecule has 0 aliphatic carbocycles. The summed E-state index contributed by atoms with van der Waals surface area (Å²) in [5.74, 6) is 0. The Labute approximate surface area is 86.8 Å². The van der Waals surface area contributed by atoms with Gasteiger partial charge in [-0.05, 0) is 24.5 Å². The van der Waals surface area contributed by atoms with Crippen LogP contribution >= 0.6 is 0 Å². The van der Waals surface area contributed by atoms with Crippen LogP contribution in [0.3, 0.4) is 0 Å². The average Bonchev–Trinajstić information content (AvgIpc) is 2.15. The molecule has 0 unspecified atom stereocenters. The summed E-state index contributed by atoms with van der Waals surface area (Å²) in [7, 11) is 0. The standard InChI is InChI=1S/C12H20N2/c1-5-12-10(4)6-11(8-14-12)7-13-9(2)3/h6,8-9,13H,5,7H2,1-4H3. The number of hydrogen-bond donors (Lipinski definition) is 1. The van der Waals surface area contributed by atoms with Crippen LogP contribution in [0.15, 0.2) is 12.3 Å². The molecule has 14 heavy (non-hydrogen) atoms. The summed E-state index contributed by atoms with van der Waals surface area (Å²) in [4.78, 5) is 4.43. The Kier molecular flexibility index (Phi) is 4.08. The molecule has 2 nitrogen and oxygen atoms in total. The fourth-order valence-corrected chi connectivity index (χ4v) is 1.45. The fraction of sp³-hybridized carbons (Fsp3) is 0.583. The topological polar surface area (TPSA) is 24.9 Å². The summed E-state index contributed by atoms with van der Waals surface area (Å²) in [6.07, 6.45) is 2.99. The first kappa shape index (κ1) is 11.2. The lowest BCUT2D eigenvalue weighted by Gasteiger charge is -2.09. The third-order valence-electron chi connectivity index (χ3n) is 2.29. The van der Waals surface area contributed by atoms with Crippen molar-refractivity contribution in [1.82, 2.24) is 10.3 Å². The smallest absolute Gasteiger partial charge is 0.0430 e. The molecule has 0 fully saturated rings. The zero-order valence-electron chi connectivity index (χ0n) is 9.59. The van der Waals surface area contributed by atoms with Crippen molar-refractivity contribution in [3.63, 3.8) is 0 Å². The van der Waals surface area contributed by atoms with Crippen LogP contribution in [-0.2, 0) is 13.0 Å². The van der Waals surface area contributed by atoms with Gasteiger partial charge in [0.15, 0.2) is 0 Å². The molecule has 2 heteroatoms. The Balaban J connectivity index is 2.66. The molecule has 0 amide bonds. The Morgan fingerprint density at radius 3 is 2.64 bits per heavy atom. The zero-order chi connectivity index (χ0) is 10.6. The summed E-state index contributed by atoms with van der Waals surface area (Å²) in [6, 6.07) is 2.75. The van der Waals surface area contributed by atoms with Crippen LogP contribution in [0.25, 0.3) is 0 Å². The number of aromatic nitrogens is 1. The molecular formula is C12H20N2. The predicted octanol–water partition coefficient (Wildman–Crippen LogP) is 2.45. The Bertz CT molecular complexity index is 292. The molecule has 0 bridgehead atoms. The number of nitrogens with one attached hydrogen (secondary N) is 1. The van der Waals surface area contributed by atoms with Crippen molar-refractivity contribution < 1.29 is 0 Å². The molecule has 1 heterocycles. The summed E-state index contributed by atoms with van der Waals surface area (Å²) < 4.78 is 0. The van der Waals surface area contributed by atoms with Gasteiger partial charge in [0.25, 0.3) is 0 Å². The van der Waals surface area contributed by atoms with Gasteiger partial charge in [0.1, 0.15) is 0 Å². The predicted molar refractivity (Wildman–Crippen MR) is 60.3 cm³/mol. The molecule has 0 spiro atoms. The summed E-state index contributed by atoms with van der Waals surface area (Å²) in [5.41, 5.74) is 3.78. The molecule has 0 aliphatic heterocycles. The maximum atomic E-state index is 4.43. The molecule has 0 radical (unpaired) electrons. The number of nitrogens with zero attached hydrogens (tertiary/aromatic N) is 1. The van der Waals surface area contributed by atoms with Gasteiger partial charge in [-0.1, -0.05) is 26.8 Å². The van der Waals surface area contributed by atoms with Crippen LogP contribution in [0.5, 0.6) is 0 Å². The minimum absolute atomic E-state index is 0.529. The lowest BCUT2D eigenvalue weighted by atomic mass is 10.1. The highest BCUT2D eigenvalue weighted by Gasteiger charge is 2.00. The van der Waals surface area contributed by atoms with E-state index < -0.39 is 0 Å². The van der Waals surface area contributed by atoms with Crippen LogP contribution in [-0.4, -0.2) is 11.0 Å². The Morgan fingerprint density at radius 2 is 2.14 bits per heavy atom. The second kappa shape index (κ2) is 5.11. The highest BCUT2D eigenvalue weighted by Crippen LogP contribution is 2.08. The van der Waals surface area contributed by atoms with Gasteiger partial charge in [0.05, 0.1) is 0 Å². The maximum Gasteiger partial charge on any atom is 0.0430 e. The molecule has 1 aromatic heterocycles. The average molecular weight is 192 g/mol. The van der Waals surface area contributed by atoms with Crippen molar-refractivity contribution in [1.29, 1.82) is 0 Å². The Hall–Kier alpha value is -0.890. The van der Waals surface area contributed by atoms with Crippen molar-refractivity contribution in [2.75, 3.05) is 0 Å². The van der Waals surface area contributed by atoms with Gasteiger partial charge in [-0.25, -0.2) is 0 Å². The lowest BCUT2D eigenvalue weighted by Crippen LogP contribution is -2.22. The fourth-order valence-electron chi connectivity index (χ4n) is 1.45. The third-order valence-corrected chi connectivity index (χ3v) is 2.29. The minimum atomic E-state index is 0.529. The van der Waals surface area contributed by atoms with Crippen LogP contribution in [0.4, 0.5) is 0 Å². The van der Waals surface area contributed by atoms with Gasteiger partial charge in [-0.15, -0.1) is 0 Å². The van der Waals surface area contributed by atoms with Crippen LogP contribution in [0.1, 0.15) is 37.6 Å². The molecule has 78 valence electrons. The van der Waals surface area contributed by atoms with Crippen molar-refractivity contribution >= 4 is 0 Å². The van der Waals surface area contributed by atoms with Crippen molar-refractivity contribution in [2.45, 2.75) is 46.7 Å². The van der Waals surface area contributed by atoms with E-state index in [9.17, 15) is 0 Å². The summed E-state index contributed by atoms with van der Waals surface area (Å²) in [5, 5.41) is 3.39. The van der Waals surface area contributed by atoms with Gasteiger partial charge >= 0.3 is 0 Å². The zero-order valence-corrected chi connectivity index (χ0v) is 9.59. The lowest BCUT2D eigenvalue weighted by molar-refractivity contribution is 0.587. The van der Waals surface area contributed by atoms with E-state index in [1.165, 1.54) is 16.8 Å². The van der Waals surface area contributed by atoms with E-state index in [0.29, 0.717) is 6.04 Å². The monoisotopic (exact) mass is 192 g/mol. The second-order valence-corrected chi connectivity index (χ2v) is 4.00. The van der Waals surface area contributed by atoms with E-state index in [2.05, 4.69) is 44.1 Å². The first-order valence-electron chi connectivity index (χ1n) is 5.31. The van der Waals surface area contributed by atoms with Gasteiger partial charge in [0.2, 0.25) is 0 Å². The van der Waals surface area contributed by atoms with Gasteiger partial charge < -0.3 is 5.32 Å². The highest BCUT2D eigenvalue weighted by atomic mass is 14.9. The summed E-state index contributed by atoms with van der Waals surface area (Å²) in [6.45, 7) is 9.49. The molecule has 0 aliphatic rings. The molecule has 0 saturated carbocycles. The third kappa shape index (κ3) is 3.11. The van der Waals surface area contributed by atoms with Gasteiger partial charge in [-0.3, -0.25) is 4.98 Å². The number of hydrogen-bond acceptors (Lipinski definition) is 2. The SMILES string of the molecule is CCc1ncc(CNC(C)C)cc1C. The number of aryl methyl sites for hydroxylation is 2. The van der Waals surface area contributed by atoms with Crippen molar-refractivity contribution in [2.24, 2.45) is 0 Å². The van der Waals surface area contributed by atoms with E-state index in [-0.39, 0.29) is 0 Å². The van der Waals surface area contributed by atoms with Crippen molar-refractivity contribution in [3.05, 3.63) is 29.1 Å². The first-order chi connectivity index (χ1) is 6.63. The molecule has 0 saturated heterocycles. The van der Waals surface area contributed by atoms with E-state index in [1.54, 1.807) is 0 Å². The molecular weight excluding hydrogens is 172 g/mol. The molecule has 1 aromatic rings. The van der Waals surface area contributed by atoms with Crippen molar-refractivity contribution in [3.8, 4) is 0 Å². The quantitative estimate of drug-likeness (QED) is 0.792. The normalized spacial score (nSPS) is 10.9. The van der Waals surface area contributed by atoms with E-state index in [0.717, 1.165) is 13.0 Å². The Morgan fingerprint density at radius 1 is 1.43 bits per heavy atom. The van der Waals surface area contributed by atoms with E-state index in [4.69, 9.17) is 0 Å². The number of pyridine rings is 1. The minimum Gasteiger partial charge on any atom is -0.310 e. The van der Waals surface area contributed by atoms with Gasteiger partial charge in [0, 0.05) is 24.5 Å². The van der Waals surface area contributed by atoms with Crippen LogP contribution in [0.2, 0.25) is 0 Å². The molecule has 0 atom stereocenters. The highest BCUT2D eigenvalue weighted by molar-refractivity contribution is 5.23. The maximum absolute atomic E-state index is 4.43. The summed E-state index contributed by atoms with van der Waals surface area (Å²) >= 11 is 0. The van der Waals surface area contributed by atoms with Crippen LogP contribution < -0.4 is 5.32 Å². The van der Waals surface area contributed by atoms with E-state index >= 15 is 0 Å². The second-order valence-electron chi connectivity index (χ2n) is 4.00.